The molecule has 0 amide bonds. The Morgan fingerprint density at radius 3 is 2.95 bits per heavy atom. The fourth-order valence-corrected chi connectivity index (χ4v) is 2.81. The zero-order valence-corrected chi connectivity index (χ0v) is 12.2. The second-order valence-corrected chi connectivity index (χ2v) is 5.37. The van der Waals surface area contributed by atoms with Crippen molar-refractivity contribution in [1.82, 2.24) is 0 Å². The molecule has 1 unspecified atom stereocenters. The third-order valence-electron chi connectivity index (χ3n) is 3.64. The van der Waals surface area contributed by atoms with Gasteiger partial charge in [-0.25, -0.2) is 0 Å². The van der Waals surface area contributed by atoms with Crippen molar-refractivity contribution in [2.45, 2.75) is 26.2 Å². The lowest BCUT2D eigenvalue weighted by Gasteiger charge is -2.19. The normalized spacial score (nSPS) is 18.7. The number of benzene rings is 1. The average Bonchev–Trinajstić information content (AvgIpc) is 2.88. The Kier molecular flexibility index (Phi) is 4.70. The summed E-state index contributed by atoms with van der Waals surface area (Å²) in [5, 5.41) is 0.614. The number of hydrogen-bond donors (Lipinski definition) is 0. The molecule has 19 heavy (non-hydrogen) atoms. The molecule has 104 valence electrons. The number of carbonyl (C=O) groups is 1. The molecule has 1 aromatic carbocycles. The highest BCUT2D eigenvalue weighted by atomic mass is 35.5. The molecule has 0 saturated carbocycles. The lowest BCUT2D eigenvalue weighted by Crippen LogP contribution is -2.22. The van der Waals surface area contributed by atoms with Gasteiger partial charge in [0.25, 0.3) is 0 Å². The van der Waals surface area contributed by atoms with Gasteiger partial charge in [0.05, 0.1) is 12.1 Å². The van der Waals surface area contributed by atoms with E-state index in [1.165, 1.54) is 0 Å². The van der Waals surface area contributed by atoms with Gasteiger partial charge in [0.1, 0.15) is 11.5 Å². The van der Waals surface area contributed by atoms with Gasteiger partial charge < -0.3 is 9.64 Å². The smallest absolute Gasteiger partial charge is 0.137 e. The number of rotatable bonds is 5. The van der Waals surface area contributed by atoms with E-state index >= 15 is 0 Å². The first-order valence-corrected chi connectivity index (χ1v) is 7.14. The number of hydrogen-bond acceptors (Lipinski definition) is 3. The molecule has 0 aromatic heterocycles. The number of carbonyl (C=O) groups excluding carboxylic acids is 1. The number of Topliss-reactive ketones (excluding diaryl/α,β-unsaturated/α-hetero) is 1. The maximum Gasteiger partial charge on any atom is 0.137 e. The highest BCUT2D eigenvalue weighted by molar-refractivity contribution is 6.32. The molecule has 1 atom stereocenters. The quantitative estimate of drug-likeness (QED) is 0.827. The third kappa shape index (κ3) is 3.21. The number of methoxy groups -OCH3 is 1. The average molecular weight is 282 g/mol. The Bertz CT molecular complexity index is 461. The van der Waals surface area contributed by atoms with Crippen molar-refractivity contribution in [3.8, 4) is 5.75 Å². The van der Waals surface area contributed by atoms with Crippen LogP contribution in [0, 0.1) is 5.92 Å². The van der Waals surface area contributed by atoms with Crippen LogP contribution in [0.3, 0.4) is 0 Å². The number of halogens is 1. The van der Waals surface area contributed by atoms with Gasteiger partial charge >= 0.3 is 0 Å². The summed E-state index contributed by atoms with van der Waals surface area (Å²) in [5.41, 5.74) is 1.07. The van der Waals surface area contributed by atoms with Gasteiger partial charge in [0, 0.05) is 31.1 Å². The largest absolute Gasteiger partial charge is 0.495 e. The summed E-state index contributed by atoms with van der Waals surface area (Å²) in [5.74, 6) is 1.26. The minimum absolute atomic E-state index is 0.181. The summed E-state index contributed by atoms with van der Waals surface area (Å²) >= 11 is 6.14. The Morgan fingerprint density at radius 2 is 2.32 bits per heavy atom. The predicted octanol–water partition coefficient (Wildman–Crippen LogP) is 3.54. The molecule has 1 saturated heterocycles. The summed E-state index contributed by atoms with van der Waals surface area (Å²) in [6.07, 6.45) is 2.58. The second kappa shape index (κ2) is 6.29. The van der Waals surface area contributed by atoms with Crippen LogP contribution in [0.5, 0.6) is 5.75 Å². The highest BCUT2D eigenvalue weighted by Gasteiger charge is 2.27. The molecule has 1 heterocycles. The summed E-state index contributed by atoms with van der Waals surface area (Å²) in [4.78, 5) is 14.1. The van der Waals surface area contributed by atoms with Crippen LogP contribution in [0.2, 0.25) is 5.02 Å². The molecule has 0 N–H and O–H groups in total. The minimum Gasteiger partial charge on any atom is -0.495 e. The number of ketones is 1. The van der Waals surface area contributed by atoms with Crippen LogP contribution in [-0.4, -0.2) is 26.0 Å². The maximum atomic E-state index is 11.9. The lowest BCUT2D eigenvalue weighted by atomic mass is 10.00. The molecule has 1 aliphatic heterocycles. The molecular weight excluding hydrogens is 262 g/mol. The summed E-state index contributed by atoms with van der Waals surface area (Å²) in [7, 11) is 1.61. The fraction of sp³-hybridized carbons (Fsp3) is 0.533. The van der Waals surface area contributed by atoms with Crippen molar-refractivity contribution >= 4 is 23.1 Å². The first-order chi connectivity index (χ1) is 9.15. The monoisotopic (exact) mass is 281 g/mol. The van der Waals surface area contributed by atoms with Gasteiger partial charge in [0.15, 0.2) is 0 Å². The number of anilines is 1. The summed E-state index contributed by atoms with van der Waals surface area (Å²) < 4.78 is 5.15. The van der Waals surface area contributed by atoms with Gasteiger partial charge in [-0.15, -0.1) is 0 Å². The van der Waals surface area contributed by atoms with Crippen LogP contribution in [0.25, 0.3) is 0 Å². The Balaban J connectivity index is 2.04. The second-order valence-electron chi connectivity index (χ2n) is 4.97. The maximum absolute atomic E-state index is 11.9. The molecule has 1 aromatic rings. The van der Waals surface area contributed by atoms with Gasteiger partial charge in [0.2, 0.25) is 0 Å². The van der Waals surface area contributed by atoms with Crippen molar-refractivity contribution in [3.63, 3.8) is 0 Å². The molecule has 2 rings (SSSR count). The number of ether oxygens (including phenoxy) is 1. The first kappa shape index (κ1) is 14.2. The van der Waals surface area contributed by atoms with E-state index < -0.39 is 0 Å². The van der Waals surface area contributed by atoms with E-state index in [0.717, 1.165) is 31.6 Å². The van der Waals surface area contributed by atoms with E-state index in [1.54, 1.807) is 7.11 Å². The van der Waals surface area contributed by atoms with E-state index in [9.17, 15) is 4.79 Å². The molecule has 1 aliphatic rings. The molecular formula is C15H20ClNO2. The van der Waals surface area contributed by atoms with Crippen molar-refractivity contribution in [2.24, 2.45) is 5.92 Å². The van der Waals surface area contributed by atoms with E-state index in [1.807, 2.05) is 25.1 Å². The number of nitrogens with zero attached hydrogens (tertiary/aromatic N) is 1. The highest BCUT2D eigenvalue weighted by Crippen LogP contribution is 2.32. The minimum atomic E-state index is 0.181. The van der Waals surface area contributed by atoms with Crippen molar-refractivity contribution < 1.29 is 9.53 Å². The molecule has 4 heteroatoms. The van der Waals surface area contributed by atoms with E-state index in [0.29, 0.717) is 23.0 Å². The lowest BCUT2D eigenvalue weighted by molar-refractivity contribution is -0.122. The molecule has 0 radical (unpaired) electrons. The molecule has 0 aliphatic carbocycles. The van der Waals surface area contributed by atoms with Crippen LogP contribution in [0.4, 0.5) is 5.69 Å². The SMILES string of the molecule is CCCC(=O)C1CCN(c2ccc(OC)c(Cl)c2)C1. The Morgan fingerprint density at radius 1 is 1.53 bits per heavy atom. The zero-order valence-electron chi connectivity index (χ0n) is 11.5. The summed E-state index contributed by atoms with van der Waals surface area (Å²) in [6, 6.07) is 5.78. The predicted molar refractivity (Wildman–Crippen MR) is 78.2 cm³/mol. The first-order valence-electron chi connectivity index (χ1n) is 6.77. The van der Waals surface area contributed by atoms with Crippen LogP contribution < -0.4 is 9.64 Å². The van der Waals surface area contributed by atoms with Gasteiger partial charge in [-0.1, -0.05) is 18.5 Å². The van der Waals surface area contributed by atoms with Crippen molar-refractivity contribution in [1.29, 1.82) is 0 Å². The van der Waals surface area contributed by atoms with E-state index in [4.69, 9.17) is 16.3 Å². The molecule has 1 fully saturated rings. The van der Waals surface area contributed by atoms with Gasteiger partial charge in [-0.2, -0.15) is 0 Å². The van der Waals surface area contributed by atoms with Crippen molar-refractivity contribution in [3.05, 3.63) is 23.2 Å². The Hall–Kier alpha value is -1.22. The molecule has 0 bridgehead atoms. The zero-order chi connectivity index (χ0) is 13.8. The van der Waals surface area contributed by atoms with Crippen LogP contribution in [0.15, 0.2) is 18.2 Å². The third-order valence-corrected chi connectivity index (χ3v) is 3.94. The van der Waals surface area contributed by atoms with Crippen LogP contribution in [0.1, 0.15) is 26.2 Å². The molecule has 3 nitrogen and oxygen atoms in total. The topological polar surface area (TPSA) is 29.5 Å². The van der Waals surface area contributed by atoms with Gasteiger partial charge in [-0.3, -0.25) is 4.79 Å². The fourth-order valence-electron chi connectivity index (χ4n) is 2.56. The van der Waals surface area contributed by atoms with Crippen LogP contribution in [-0.2, 0) is 4.79 Å². The molecule has 0 spiro atoms. The van der Waals surface area contributed by atoms with Crippen molar-refractivity contribution in [2.75, 3.05) is 25.1 Å². The summed E-state index contributed by atoms with van der Waals surface area (Å²) in [6.45, 7) is 3.78. The van der Waals surface area contributed by atoms with E-state index in [2.05, 4.69) is 4.90 Å². The van der Waals surface area contributed by atoms with E-state index in [-0.39, 0.29) is 5.92 Å². The Labute approximate surface area is 119 Å². The standard InChI is InChI=1S/C15H20ClNO2/c1-3-4-14(18)11-7-8-17(10-11)12-5-6-15(19-2)13(16)9-12/h5-6,9,11H,3-4,7-8,10H2,1-2H3. The van der Waals surface area contributed by atoms with Crippen LogP contribution >= 0.6 is 11.6 Å². The van der Waals surface area contributed by atoms with Gasteiger partial charge in [-0.05, 0) is 31.0 Å².